The molecule has 3 aromatic rings. The average Bonchev–Trinajstić information content (AvgIpc) is 2.79. The van der Waals surface area contributed by atoms with Crippen molar-refractivity contribution >= 4 is 17.4 Å². The highest BCUT2D eigenvalue weighted by Crippen LogP contribution is 2.32. The normalized spacial score (nSPS) is 16.4. The fraction of sp³-hybridized carbons (Fsp3) is 0.385. The van der Waals surface area contributed by atoms with E-state index >= 15 is 0 Å². The molecule has 172 valence electrons. The molecule has 3 heterocycles. The fourth-order valence-corrected chi connectivity index (χ4v) is 5.21. The number of likely N-dealkylation sites (N-methyl/N-ethyl adjacent to an activating group) is 2. The lowest BCUT2D eigenvalue weighted by molar-refractivity contribution is 0.285. The Morgan fingerprint density at radius 1 is 1.03 bits per heavy atom. The third-order valence-electron chi connectivity index (χ3n) is 6.82. The number of aryl methyl sites for hydroxylation is 1. The van der Waals surface area contributed by atoms with Crippen molar-refractivity contribution in [1.82, 2.24) is 19.8 Å². The van der Waals surface area contributed by atoms with E-state index in [2.05, 4.69) is 54.0 Å². The van der Waals surface area contributed by atoms with Gasteiger partial charge in [0, 0.05) is 42.3 Å². The number of aromatic nitrogens is 2. The molecule has 1 aromatic heterocycles. The summed E-state index contributed by atoms with van der Waals surface area (Å²) in [5, 5.41) is 0.718. The molecule has 0 aliphatic carbocycles. The maximum absolute atomic E-state index is 6.56. The molecular formula is C26H30ClN5O. The van der Waals surface area contributed by atoms with Gasteiger partial charge in [-0.2, -0.15) is 0 Å². The van der Waals surface area contributed by atoms with Gasteiger partial charge in [0.15, 0.2) is 5.82 Å². The summed E-state index contributed by atoms with van der Waals surface area (Å²) in [7, 11) is 4.29. The van der Waals surface area contributed by atoms with Crippen LogP contribution in [0.25, 0.3) is 11.3 Å². The van der Waals surface area contributed by atoms with Crippen LogP contribution in [0.5, 0.6) is 5.88 Å². The molecule has 2 N–H and O–H groups in total. The van der Waals surface area contributed by atoms with E-state index in [1.165, 1.54) is 27.8 Å². The molecule has 0 saturated heterocycles. The summed E-state index contributed by atoms with van der Waals surface area (Å²) in [6, 6.07) is 8.48. The van der Waals surface area contributed by atoms with Gasteiger partial charge in [-0.05, 0) is 79.9 Å². The number of nitrogen functional groups attached to an aromatic ring is 1. The van der Waals surface area contributed by atoms with Crippen LogP contribution in [0.3, 0.4) is 0 Å². The zero-order valence-electron chi connectivity index (χ0n) is 19.5. The van der Waals surface area contributed by atoms with Crippen molar-refractivity contribution in [2.45, 2.75) is 39.5 Å². The molecule has 0 atom stereocenters. The average molecular weight is 464 g/mol. The Hall–Kier alpha value is -2.67. The Kier molecular flexibility index (Phi) is 5.99. The number of ether oxygens (including phenoxy) is 1. The quantitative estimate of drug-likeness (QED) is 0.624. The van der Waals surface area contributed by atoms with Crippen LogP contribution in [0.4, 0.5) is 5.82 Å². The molecule has 0 spiro atoms. The number of fused-ring (bicyclic) bond motifs is 2. The summed E-state index contributed by atoms with van der Waals surface area (Å²) >= 11 is 6.56. The van der Waals surface area contributed by atoms with Gasteiger partial charge in [0.1, 0.15) is 6.61 Å². The fourth-order valence-electron chi connectivity index (χ4n) is 4.98. The summed E-state index contributed by atoms with van der Waals surface area (Å²) < 4.78 is 6.11. The lowest BCUT2D eigenvalue weighted by atomic mass is 9.92. The number of benzene rings is 2. The molecule has 0 saturated carbocycles. The van der Waals surface area contributed by atoms with E-state index in [1.807, 2.05) is 6.07 Å². The van der Waals surface area contributed by atoms with Gasteiger partial charge in [-0.1, -0.05) is 17.7 Å². The number of nitrogens with two attached hydrogens (primary N) is 1. The van der Waals surface area contributed by atoms with Gasteiger partial charge in [0.25, 0.3) is 5.88 Å². The van der Waals surface area contributed by atoms with Crippen molar-refractivity contribution in [3.63, 3.8) is 0 Å². The lowest BCUT2D eigenvalue weighted by Crippen LogP contribution is -2.27. The monoisotopic (exact) mass is 463 g/mol. The number of hydrogen-bond donors (Lipinski definition) is 1. The molecule has 33 heavy (non-hydrogen) atoms. The number of anilines is 1. The molecule has 2 aromatic carbocycles. The molecule has 2 aliphatic rings. The van der Waals surface area contributed by atoms with Crippen molar-refractivity contribution in [1.29, 1.82) is 0 Å². The highest BCUT2D eigenvalue weighted by atomic mass is 35.5. The Labute approximate surface area is 200 Å². The van der Waals surface area contributed by atoms with E-state index in [4.69, 9.17) is 27.1 Å². The summed E-state index contributed by atoms with van der Waals surface area (Å²) in [4.78, 5) is 13.8. The molecule has 0 radical (unpaired) electrons. The van der Waals surface area contributed by atoms with Crippen LogP contribution in [-0.4, -0.2) is 47.0 Å². The van der Waals surface area contributed by atoms with Crippen LogP contribution in [0.15, 0.2) is 30.5 Å². The third-order valence-corrected chi connectivity index (χ3v) is 7.17. The van der Waals surface area contributed by atoms with Crippen LogP contribution < -0.4 is 10.5 Å². The Morgan fingerprint density at radius 3 is 2.55 bits per heavy atom. The summed E-state index contributed by atoms with van der Waals surface area (Å²) in [5.74, 6) is 0.635. The zero-order chi connectivity index (χ0) is 23.1. The second-order valence-corrected chi connectivity index (χ2v) is 9.71. The minimum atomic E-state index is 0.286. The van der Waals surface area contributed by atoms with Gasteiger partial charge in [-0.15, -0.1) is 0 Å². The van der Waals surface area contributed by atoms with Crippen molar-refractivity contribution in [2.75, 3.05) is 32.9 Å². The molecule has 5 rings (SSSR count). The number of hydrogen-bond acceptors (Lipinski definition) is 6. The topological polar surface area (TPSA) is 67.5 Å². The van der Waals surface area contributed by atoms with Crippen LogP contribution in [-0.2, 0) is 32.5 Å². The first kappa shape index (κ1) is 22.1. The number of nitrogens with zero attached hydrogens (tertiary/aromatic N) is 4. The van der Waals surface area contributed by atoms with Gasteiger partial charge >= 0.3 is 0 Å². The van der Waals surface area contributed by atoms with Gasteiger partial charge in [-0.25, -0.2) is 9.97 Å². The zero-order valence-corrected chi connectivity index (χ0v) is 20.2. The van der Waals surface area contributed by atoms with Crippen LogP contribution in [0, 0.1) is 6.92 Å². The maximum Gasteiger partial charge on any atom is 0.258 e. The van der Waals surface area contributed by atoms with E-state index in [0.29, 0.717) is 12.5 Å². The lowest BCUT2D eigenvalue weighted by Gasteiger charge is -2.27. The van der Waals surface area contributed by atoms with E-state index in [1.54, 1.807) is 6.20 Å². The Bertz CT molecular complexity index is 1210. The van der Waals surface area contributed by atoms with Crippen molar-refractivity contribution in [3.8, 4) is 17.1 Å². The first-order chi connectivity index (χ1) is 15.9. The smallest absolute Gasteiger partial charge is 0.258 e. The van der Waals surface area contributed by atoms with Crippen molar-refractivity contribution < 1.29 is 4.74 Å². The molecular weight excluding hydrogens is 434 g/mol. The Morgan fingerprint density at radius 2 is 1.76 bits per heavy atom. The first-order valence-electron chi connectivity index (χ1n) is 11.4. The second kappa shape index (κ2) is 8.93. The summed E-state index contributed by atoms with van der Waals surface area (Å²) in [5.41, 5.74) is 15.6. The molecule has 0 bridgehead atoms. The summed E-state index contributed by atoms with van der Waals surface area (Å²) in [6.45, 7) is 6.46. The van der Waals surface area contributed by atoms with Crippen LogP contribution in [0.2, 0.25) is 5.02 Å². The molecule has 0 amide bonds. The summed E-state index contributed by atoms with van der Waals surface area (Å²) in [6.07, 6.45) is 3.76. The predicted octanol–water partition coefficient (Wildman–Crippen LogP) is 4.24. The maximum atomic E-state index is 6.56. The highest BCUT2D eigenvalue weighted by Gasteiger charge is 2.20. The minimum Gasteiger partial charge on any atom is -0.470 e. The van der Waals surface area contributed by atoms with E-state index < -0.39 is 0 Å². The largest absolute Gasteiger partial charge is 0.470 e. The van der Waals surface area contributed by atoms with Crippen molar-refractivity contribution in [3.05, 3.63) is 68.9 Å². The van der Waals surface area contributed by atoms with Crippen molar-refractivity contribution in [2.24, 2.45) is 0 Å². The number of rotatable bonds is 4. The van der Waals surface area contributed by atoms with Gasteiger partial charge in [-0.3, -0.25) is 0 Å². The van der Waals surface area contributed by atoms with Crippen LogP contribution >= 0.6 is 11.6 Å². The predicted molar refractivity (Wildman–Crippen MR) is 132 cm³/mol. The first-order valence-corrected chi connectivity index (χ1v) is 11.8. The highest BCUT2D eigenvalue weighted by molar-refractivity contribution is 6.31. The SMILES string of the molecule is Cc1cc(-c2cnc(N)c(OCc3c(Cl)ccc4c3CCN(C)C4)n2)cc2c1CCN(C)C2. The third kappa shape index (κ3) is 4.43. The molecule has 2 aliphatic heterocycles. The molecule has 6 nitrogen and oxygen atoms in total. The van der Waals surface area contributed by atoms with E-state index in [0.717, 1.165) is 60.9 Å². The molecule has 0 unspecified atom stereocenters. The van der Waals surface area contributed by atoms with Gasteiger partial charge < -0.3 is 20.3 Å². The van der Waals surface area contributed by atoms with Gasteiger partial charge in [0.05, 0.1) is 11.9 Å². The standard InChI is InChI=1S/C26H30ClN5O/c1-16-10-18(11-19-14-32(3)8-6-20(16)19)24-12-29-25(28)26(30-24)33-15-22-21-7-9-31(2)13-17(21)4-5-23(22)27/h4-5,10-12H,6-9,13-15H2,1-3H3,(H2,28,29). The van der Waals surface area contributed by atoms with Gasteiger partial charge in [0.2, 0.25) is 0 Å². The molecule has 7 heteroatoms. The van der Waals surface area contributed by atoms with E-state index in [9.17, 15) is 0 Å². The Balaban J connectivity index is 1.43. The minimum absolute atomic E-state index is 0.286. The molecule has 0 fully saturated rings. The second-order valence-electron chi connectivity index (χ2n) is 9.30. The van der Waals surface area contributed by atoms with Crippen LogP contribution in [0.1, 0.15) is 33.4 Å². The number of halogens is 1. The van der Waals surface area contributed by atoms with E-state index in [-0.39, 0.29) is 5.82 Å².